The van der Waals surface area contributed by atoms with Gasteiger partial charge in [-0.05, 0) is 71.7 Å². The minimum atomic E-state index is -0.0751. The first kappa shape index (κ1) is 24.0. The summed E-state index contributed by atoms with van der Waals surface area (Å²) in [5, 5.41) is 8.07. The highest BCUT2D eigenvalue weighted by Gasteiger charge is 2.54. The molecule has 1 amide bonds. The Morgan fingerprint density at radius 3 is 2.52 bits per heavy atom. The molecule has 0 bridgehead atoms. The topological polar surface area (TPSA) is 59.4 Å². The molecule has 2 atom stereocenters. The van der Waals surface area contributed by atoms with Crippen LogP contribution in [0.4, 0.5) is 0 Å². The van der Waals surface area contributed by atoms with E-state index in [4.69, 9.17) is 9.84 Å². The van der Waals surface area contributed by atoms with Crippen LogP contribution in [0.2, 0.25) is 0 Å². The van der Waals surface area contributed by atoms with Crippen LogP contribution in [0.25, 0.3) is 0 Å². The van der Waals surface area contributed by atoms with Crippen molar-refractivity contribution in [2.45, 2.75) is 91.0 Å². The van der Waals surface area contributed by atoms with Crippen molar-refractivity contribution >= 4 is 5.91 Å². The molecule has 1 aliphatic heterocycles. The fraction of sp³-hybridized carbons (Fsp3) is 0.630. The van der Waals surface area contributed by atoms with Crippen molar-refractivity contribution < 1.29 is 9.53 Å². The highest BCUT2D eigenvalue weighted by atomic mass is 16.5. The number of hydrogen-bond acceptors (Lipinski definition) is 4. The molecule has 0 radical (unpaired) electrons. The number of carbonyl (C=O) groups is 1. The van der Waals surface area contributed by atoms with E-state index < -0.39 is 0 Å². The number of amides is 1. The number of hydrogen-bond donors (Lipinski definition) is 1. The van der Waals surface area contributed by atoms with Gasteiger partial charge in [0.1, 0.15) is 0 Å². The minimum Gasteiger partial charge on any atom is -0.375 e. The van der Waals surface area contributed by atoms with E-state index in [0.717, 1.165) is 38.2 Å². The number of aryl methyl sites for hydroxylation is 1. The molecule has 1 aromatic heterocycles. The highest BCUT2D eigenvalue weighted by molar-refractivity contribution is 5.76. The van der Waals surface area contributed by atoms with Gasteiger partial charge in [-0.15, -0.1) is 0 Å². The first-order valence-corrected chi connectivity index (χ1v) is 12.6. The van der Waals surface area contributed by atoms with E-state index in [1.54, 1.807) is 0 Å². The van der Waals surface area contributed by atoms with Gasteiger partial charge in [-0.2, -0.15) is 5.10 Å². The summed E-state index contributed by atoms with van der Waals surface area (Å²) < 4.78 is 8.56. The number of ether oxygens (including phenoxy) is 1. The summed E-state index contributed by atoms with van der Waals surface area (Å²) in [5.41, 5.74) is 6.33. The Morgan fingerprint density at radius 2 is 1.91 bits per heavy atom. The Bertz CT molecular complexity index is 988. The van der Waals surface area contributed by atoms with Gasteiger partial charge in [0.25, 0.3) is 0 Å². The average Bonchev–Trinajstić information content (AvgIpc) is 3.23. The molecular formula is C27H40N4O2. The van der Waals surface area contributed by atoms with E-state index in [1.165, 1.54) is 22.4 Å². The number of carbonyl (C=O) groups excluding carboxylic acids is 1. The first-order valence-electron chi connectivity index (χ1n) is 12.6. The van der Waals surface area contributed by atoms with Gasteiger partial charge in [-0.3, -0.25) is 14.4 Å². The molecule has 2 heterocycles. The van der Waals surface area contributed by atoms with E-state index in [9.17, 15) is 4.79 Å². The standard InChI is InChI=1S/C27H40N4O2/c1-7-24(32)28-25-21-11-9-10-12-23(21)27(26(25)33-8-2)13-15-30(16-14-27)17-22-19(5)29-31(18(3)4)20(22)6/h9-12,18,25-26H,7-8,13-17H2,1-6H3,(H,28,32)/t25-,26+/m1/s1. The Morgan fingerprint density at radius 1 is 1.21 bits per heavy atom. The summed E-state index contributed by atoms with van der Waals surface area (Å²) >= 11 is 0. The van der Waals surface area contributed by atoms with E-state index in [-0.39, 0.29) is 23.5 Å². The quantitative estimate of drug-likeness (QED) is 0.667. The van der Waals surface area contributed by atoms with Gasteiger partial charge < -0.3 is 10.1 Å². The smallest absolute Gasteiger partial charge is 0.220 e. The maximum atomic E-state index is 12.4. The Hall–Kier alpha value is -2.18. The maximum Gasteiger partial charge on any atom is 0.220 e. The normalized spacial score (nSPS) is 22.2. The van der Waals surface area contributed by atoms with Crippen LogP contribution in [0.1, 0.15) is 87.1 Å². The van der Waals surface area contributed by atoms with Gasteiger partial charge in [-0.25, -0.2) is 0 Å². The molecule has 1 aliphatic carbocycles. The SMILES string of the molecule is CCO[C@H]1[C@H](NC(=O)CC)c2ccccc2C12CCN(Cc1c(C)nn(C(C)C)c1C)CC2. The van der Waals surface area contributed by atoms with Crippen molar-refractivity contribution in [2.75, 3.05) is 19.7 Å². The lowest BCUT2D eigenvalue weighted by Gasteiger charge is -2.44. The van der Waals surface area contributed by atoms with Crippen molar-refractivity contribution in [2.24, 2.45) is 0 Å². The van der Waals surface area contributed by atoms with Gasteiger partial charge in [0.15, 0.2) is 0 Å². The lowest BCUT2D eigenvalue weighted by molar-refractivity contribution is -0.123. The van der Waals surface area contributed by atoms with E-state index in [1.807, 2.05) is 6.92 Å². The number of piperidine rings is 1. The predicted octanol–water partition coefficient (Wildman–Crippen LogP) is 4.60. The predicted molar refractivity (Wildman–Crippen MR) is 131 cm³/mol. The third-order valence-corrected chi connectivity index (χ3v) is 7.76. The molecule has 6 heteroatoms. The molecule has 1 N–H and O–H groups in total. The van der Waals surface area contributed by atoms with Gasteiger partial charge in [0.05, 0.1) is 17.8 Å². The Labute approximate surface area is 198 Å². The molecule has 6 nitrogen and oxygen atoms in total. The van der Waals surface area contributed by atoms with Crippen LogP contribution in [0, 0.1) is 13.8 Å². The summed E-state index contributed by atoms with van der Waals surface area (Å²) in [7, 11) is 0. The maximum absolute atomic E-state index is 12.4. The largest absolute Gasteiger partial charge is 0.375 e. The van der Waals surface area contributed by atoms with Crippen LogP contribution in [-0.2, 0) is 21.5 Å². The molecule has 33 heavy (non-hydrogen) atoms. The summed E-state index contributed by atoms with van der Waals surface area (Å²) in [4.78, 5) is 15.0. The molecule has 1 spiro atoms. The van der Waals surface area contributed by atoms with E-state index in [0.29, 0.717) is 19.1 Å². The van der Waals surface area contributed by atoms with Crippen molar-refractivity contribution in [3.8, 4) is 0 Å². The molecular weight excluding hydrogens is 412 g/mol. The number of nitrogens with zero attached hydrogens (tertiary/aromatic N) is 3. The molecule has 2 aliphatic rings. The highest BCUT2D eigenvalue weighted by Crippen LogP contribution is 2.52. The third kappa shape index (κ3) is 4.24. The number of fused-ring (bicyclic) bond motifs is 2. The Kier molecular flexibility index (Phi) is 6.96. The van der Waals surface area contributed by atoms with Crippen LogP contribution >= 0.6 is 0 Å². The molecule has 4 rings (SSSR count). The van der Waals surface area contributed by atoms with Crippen LogP contribution < -0.4 is 5.32 Å². The fourth-order valence-electron chi connectivity index (χ4n) is 6.04. The van der Waals surface area contributed by atoms with Crippen molar-refractivity contribution in [1.29, 1.82) is 0 Å². The molecule has 0 unspecified atom stereocenters. The number of likely N-dealkylation sites (tertiary alicyclic amines) is 1. The Balaban J connectivity index is 1.58. The zero-order valence-electron chi connectivity index (χ0n) is 21.1. The number of nitrogens with one attached hydrogen (secondary N) is 1. The minimum absolute atomic E-state index is 0.0234. The zero-order chi connectivity index (χ0) is 23.8. The van der Waals surface area contributed by atoms with Gasteiger partial charge in [0.2, 0.25) is 5.91 Å². The van der Waals surface area contributed by atoms with E-state index >= 15 is 0 Å². The average molecular weight is 453 g/mol. The van der Waals surface area contributed by atoms with Crippen molar-refractivity contribution in [3.05, 3.63) is 52.3 Å². The van der Waals surface area contributed by atoms with Crippen LogP contribution in [-0.4, -0.2) is 46.4 Å². The first-order chi connectivity index (χ1) is 15.8. The number of aromatic nitrogens is 2. The molecule has 180 valence electrons. The van der Waals surface area contributed by atoms with Gasteiger partial charge in [-0.1, -0.05) is 31.2 Å². The summed E-state index contributed by atoms with van der Waals surface area (Å²) in [5.74, 6) is 0.0853. The summed E-state index contributed by atoms with van der Waals surface area (Å²) in [6.07, 6.45) is 2.53. The second kappa shape index (κ2) is 9.59. The van der Waals surface area contributed by atoms with Crippen LogP contribution in [0.3, 0.4) is 0 Å². The fourth-order valence-corrected chi connectivity index (χ4v) is 6.04. The van der Waals surface area contributed by atoms with Gasteiger partial charge in [0, 0.05) is 42.3 Å². The van der Waals surface area contributed by atoms with E-state index in [2.05, 4.69) is 73.8 Å². The van der Waals surface area contributed by atoms with Crippen molar-refractivity contribution in [3.63, 3.8) is 0 Å². The zero-order valence-corrected chi connectivity index (χ0v) is 21.1. The van der Waals surface area contributed by atoms with Crippen LogP contribution in [0.15, 0.2) is 24.3 Å². The molecule has 1 aromatic carbocycles. The molecule has 2 aromatic rings. The molecule has 0 saturated carbocycles. The number of rotatable bonds is 7. The lowest BCUT2D eigenvalue weighted by atomic mass is 9.71. The van der Waals surface area contributed by atoms with Crippen molar-refractivity contribution in [1.82, 2.24) is 20.0 Å². The monoisotopic (exact) mass is 452 g/mol. The second-order valence-electron chi connectivity index (χ2n) is 9.98. The summed E-state index contributed by atoms with van der Waals surface area (Å²) in [6.45, 7) is 16.3. The lowest BCUT2D eigenvalue weighted by Crippen LogP contribution is -2.50. The van der Waals surface area contributed by atoms with Crippen LogP contribution in [0.5, 0.6) is 0 Å². The van der Waals surface area contributed by atoms with Gasteiger partial charge >= 0.3 is 0 Å². The molecule has 1 saturated heterocycles. The molecule has 1 fully saturated rings. The summed E-state index contributed by atoms with van der Waals surface area (Å²) in [6, 6.07) is 8.95. The second-order valence-corrected chi connectivity index (χ2v) is 9.98. The number of benzene rings is 1. The third-order valence-electron chi connectivity index (χ3n) is 7.76.